The van der Waals surface area contributed by atoms with Gasteiger partial charge in [0.05, 0.1) is 5.54 Å². The minimum absolute atomic E-state index is 0.501. The van der Waals surface area contributed by atoms with Crippen LogP contribution in [0.1, 0.15) is 13.3 Å². The first-order chi connectivity index (χ1) is 7.78. The number of ether oxygens (including phenoxy) is 1. The Morgan fingerprint density at radius 3 is 2.18 bits per heavy atom. The molecule has 0 atom stereocenters. The summed E-state index contributed by atoms with van der Waals surface area (Å²) in [6.07, 6.45) is -3.76. The fourth-order valence-corrected chi connectivity index (χ4v) is 2.97. The van der Waals surface area contributed by atoms with E-state index in [0.29, 0.717) is 17.1 Å². The zero-order valence-corrected chi connectivity index (χ0v) is 12.4. The topological polar surface area (TPSA) is 38.3 Å². The second kappa shape index (κ2) is 7.58. The first kappa shape index (κ1) is 17.2. The van der Waals surface area contributed by atoms with Gasteiger partial charge < -0.3 is 10.1 Å². The molecule has 0 rings (SSSR count). The van der Waals surface area contributed by atoms with Crippen LogP contribution in [0.15, 0.2) is 0 Å². The average Bonchev–Trinajstić information content (AvgIpc) is 2.24. The summed E-state index contributed by atoms with van der Waals surface area (Å²) in [5.74, 6) is -0.560. The summed E-state index contributed by atoms with van der Waals surface area (Å²) in [5, 5.41) is 3.65. The van der Waals surface area contributed by atoms with Crippen LogP contribution in [0, 0.1) is 0 Å². The van der Waals surface area contributed by atoms with Gasteiger partial charge in [-0.3, -0.25) is 4.79 Å². The lowest BCUT2D eigenvalue weighted by Gasteiger charge is -2.29. The molecule has 0 aliphatic carbocycles. The van der Waals surface area contributed by atoms with Crippen molar-refractivity contribution in [1.29, 1.82) is 0 Å². The van der Waals surface area contributed by atoms with Gasteiger partial charge in [0.15, 0.2) is 0 Å². The van der Waals surface area contributed by atoms with Gasteiger partial charge in [-0.1, -0.05) is 38.8 Å². The third-order valence-electron chi connectivity index (χ3n) is 2.09. The van der Waals surface area contributed by atoms with Crippen LogP contribution in [0.5, 0.6) is 0 Å². The molecule has 0 spiro atoms. The Hall–Kier alpha value is 0.180. The van der Waals surface area contributed by atoms with Crippen molar-refractivity contribution in [2.24, 2.45) is 0 Å². The van der Waals surface area contributed by atoms with E-state index in [2.05, 4.69) is 41.9 Å². The molecule has 1 amide bonds. The van der Waals surface area contributed by atoms with Gasteiger partial charge in [0.1, 0.15) is 13.2 Å². The van der Waals surface area contributed by atoms with Gasteiger partial charge in [0.25, 0.3) is 0 Å². The molecule has 8 heteroatoms. The monoisotopic (exact) mass is 383 g/mol. The summed E-state index contributed by atoms with van der Waals surface area (Å²) in [4.78, 5) is 11.4. The molecule has 0 bridgehead atoms. The fourth-order valence-electron chi connectivity index (χ4n) is 0.971. The van der Waals surface area contributed by atoms with Crippen molar-refractivity contribution in [1.82, 2.24) is 5.32 Å². The number of halogens is 5. The number of carbonyl (C=O) groups excluding carboxylic acids is 1. The molecule has 0 radical (unpaired) electrons. The van der Waals surface area contributed by atoms with Crippen LogP contribution in [0.3, 0.4) is 0 Å². The van der Waals surface area contributed by atoms with E-state index in [1.165, 1.54) is 0 Å². The molecule has 0 aromatic rings. The van der Waals surface area contributed by atoms with Gasteiger partial charge >= 0.3 is 6.18 Å². The zero-order chi connectivity index (χ0) is 13.5. The van der Waals surface area contributed by atoms with E-state index in [0.717, 1.165) is 0 Å². The number of alkyl halides is 5. The second-order valence-corrected chi connectivity index (χ2v) is 4.68. The van der Waals surface area contributed by atoms with E-state index in [1.54, 1.807) is 0 Å². The van der Waals surface area contributed by atoms with E-state index in [9.17, 15) is 18.0 Å². The number of carbonyl (C=O) groups is 1. The molecule has 17 heavy (non-hydrogen) atoms. The molecule has 0 unspecified atom stereocenters. The van der Waals surface area contributed by atoms with E-state index >= 15 is 0 Å². The molecule has 102 valence electrons. The van der Waals surface area contributed by atoms with Gasteiger partial charge in [-0.25, -0.2) is 0 Å². The second-order valence-electron chi connectivity index (χ2n) is 3.56. The molecule has 0 aromatic heterocycles. The van der Waals surface area contributed by atoms with Crippen LogP contribution in [0.4, 0.5) is 13.2 Å². The summed E-state index contributed by atoms with van der Waals surface area (Å²) >= 11 is 6.51. The third kappa shape index (κ3) is 7.25. The smallest absolute Gasteiger partial charge is 0.362 e. The summed E-state index contributed by atoms with van der Waals surface area (Å²) in [7, 11) is 0. The number of nitrogens with one attached hydrogen (secondary N) is 1. The van der Waals surface area contributed by atoms with Crippen LogP contribution in [-0.4, -0.2) is 41.5 Å². The highest BCUT2D eigenvalue weighted by molar-refractivity contribution is 9.09. The molecule has 0 aromatic carbocycles. The van der Waals surface area contributed by atoms with Gasteiger partial charge in [-0.2, -0.15) is 13.2 Å². The molecule has 0 aliphatic heterocycles. The average molecular weight is 385 g/mol. The van der Waals surface area contributed by atoms with Gasteiger partial charge in [-0.05, 0) is 6.42 Å². The van der Waals surface area contributed by atoms with Crippen LogP contribution in [-0.2, 0) is 9.53 Å². The van der Waals surface area contributed by atoms with Crippen molar-refractivity contribution < 1.29 is 22.7 Å². The standard InChI is InChI=1S/C9H14Br2F3NO2/c1-2-8(4-10,5-11)15-7(16)3-17-6-9(12,13)14/h2-6H2,1H3,(H,15,16). The van der Waals surface area contributed by atoms with Crippen molar-refractivity contribution in [3.63, 3.8) is 0 Å². The third-order valence-corrected chi connectivity index (χ3v) is 4.24. The van der Waals surface area contributed by atoms with Crippen molar-refractivity contribution in [3.05, 3.63) is 0 Å². The van der Waals surface area contributed by atoms with Crippen molar-refractivity contribution >= 4 is 37.8 Å². The minimum Gasteiger partial charge on any atom is -0.362 e. The fraction of sp³-hybridized carbons (Fsp3) is 0.889. The van der Waals surface area contributed by atoms with Gasteiger partial charge in [0.2, 0.25) is 5.91 Å². The Morgan fingerprint density at radius 2 is 1.82 bits per heavy atom. The van der Waals surface area contributed by atoms with Crippen LogP contribution in [0.2, 0.25) is 0 Å². The van der Waals surface area contributed by atoms with Gasteiger partial charge in [-0.15, -0.1) is 0 Å². The lowest BCUT2D eigenvalue weighted by atomic mass is 10.0. The van der Waals surface area contributed by atoms with E-state index in [4.69, 9.17) is 0 Å². The molecular formula is C9H14Br2F3NO2. The molecule has 0 fully saturated rings. The summed E-state index contributed by atoms with van der Waals surface area (Å²) in [6, 6.07) is 0. The first-order valence-electron chi connectivity index (χ1n) is 4.86. The van der Waals surface area contributed by atoms with Gasteiger partial charge in [0, 0.05) is 10.7 Å². The zero-order valence-electron chi connectivity index (χ0n) is 9.24. The normalized spacial score (nSPS) is 12.6. The van der Waals surface area contributed by atoms with Crippen molar-refractivity contribution in [2.45, 2.75) is 25.1 Å². The van der Waals surface area contributed by atoms with Crippen molar-refractivity contribution in [2.75, 3.05) is 23.9 Å². The summed E-state index contributed by atoms with van der Waals surface area (Å²) in [5.41, 5.74) is -0.501. The number of rotatable bonds is 7. The van der Waals surface area contributed by atoms with Crippen molar-refractivity contribution in [3.8, 4) is 0 Å². The van der Waals surface area contributed by atoms with E-state index in [1.807, 2.05) is 6.92 Å². The predicted molar refractivity (Wildman–Crippen MR) is 65.6 cm³/mol. The number of amides is 1. The molecule has 0 saturated carbocycles. The molecule has 0 aliphatic rings. The Kier molecular flexibility index (Phi) is 7.66. The number of hydrogen-bond donors (Lipinski definition) is 1. The van der Waals surface area contributed by atoms with Crippen LogP contribution >= 0.6 is 31.9 Å². The highest BCUT2D eigenvalue weighted by Gasteiger charge is 2.30. The largest absolute Gasteiger partial charge is 0.411 e. The molecule has 3 nitrogen and oxygen atoms in total. The Morgan fingerprint density at radius 1 is 1.29 bits per heavy atom. The predicted octanol–water partition coefficient (Wildman–Crippen LogP) is 2.62. The molecular weight excluding hydrogens is 371 g/mol. The maximum atomic E-state index is 11.8. The Balaban J connectivity index is 4.08. The van der Waals surface area contributed by atoms with Crippen LogP contribution in [0.25, 0.3) is 0 Å². The van der Waals surface area contributed by atoms with Crippen LogP contribution < -0.4 is 5.32 Å². The lowest BCUT2D eigenvalue weighted by molar-refractivity contribution is -0.175. The SMILES string of the molecule is CCC(CBr)(CBr)NC(=O)COCC(F)(F)F. The van der Waals surface area contributed by atoms with E-state index < -0.39 is 30.8 Å². The summed E-state index contributed by atoms with van der Waals surface area (Å²) in [6.45, 7) is -0.136. The Labute approximate surface area is 115 Å². The summed E-state index contributed by atoms with van der Waals surface area (Å²) < 4.78 is 39.6. The highest BCUT2D eigenvalue weighted by atomic mass is 79.9. The number of hydrogen-bond acceptors (Lipinski definition) is 2. The lowest BCUT2D eigenvalue weighted by Crippen LogP contribution is -2.52. The molecule has 1 N–H and O–H groups in total. The Bertz CT molecular complexity index is 237. The maximum absolute atomic E-state index is 11.8. The highest BCUT2D eigenvalue weighted by Crippen LogP contribution is 2.17. The first-order valence-corrected chi connectivity index (χ1v) is 7.10. The quantitative estimate of drug-likeness (QED) is 0.685. The molecule has 0 heterocycles. The van der Waals surface area contributed by atoms with E-state index in [-0.39, 0.29) is 0 Å². The maximum Gasteiger partial charge on any atom is 0.411 e. The minimum atomic E-state index is -4.41. The molecule has 0 saturated heterocycles.